The van der Waals surface area contributed by atoms with E-state index in [-0.39, 0.29) is 16.8 Å². The van der Waals surface area contributed by atoms with Crippen LogP contribution in [0.4, 0.5) is 32.0 Å². The molecule has 0 saturated carbocycles. The Hall–Kier alpha value is -3.84. The van der Waals surface area contributed by atoms with Gasteiger partial charge in [-0.3, -0.25) is 15.0 Å². The van der Waals surface area contributed by atoms with Crippen LogP contribution < -0.4 is 9.47 Å². The van der Waals surface area contributed by atoms with Crippen LogP contribution in [0.2, 0.25) is 0 Å². The van der Waals surface area contributed by atoms with Gasteiger partial charge in [0.2, 0.25) is 0 Å². The molecule has 0 aliphatic carbocycles. The summed E-state index contributed by atoms with van der Waals surface area (Å²) in [6, 6.07) is 15.6. The molecular formula is C27H24F6N2O5. The van der Waals surface area contributed by atoms with Gasteiger partial charge >= 0.3 is 12.7 Å². The number of benzene rings is 3. The molecular weight excluding hydrogens is 546 g/mol. The number of nitro benzene ring substituents is 1. The summed E-state index contributed by atoms with van der Waals surface area (Å²) in [7, 11) is 0. The van der Waals surface area contributed by atoms with Crippen LogP contribution in [-0.2, 0) is 12.1 Å². The van der Waals surface area contributed by atoms with Crippen LogP contribution in [0.3, 0.4) is 0 Å². The number of aliphatic hydroxyl groups is 1. The number of ether oxygens (including phenoxy) is 2. The third-order valence-corrected chi connectivity index (χ3v) is 6.79. The molecule has 0 atom stereocenters. The molecule has 1 aliphatic heterocycles. The van der Waals surface area contributed by atoms with E-state index in [9.17, 15) is 41.6 Å². The summed E-state index contributed by atoms with van der Waals surface area (Å²) in [6.45, 7) is 1.55. The lowest BCUT2D eigenvalue weighted by Gasteiger charge is -2.42. The van der Waals surface area contributed by atoms with Gasteiger partial charge in [-0.05, 0) is 72.8 Å². The second-order valence-corrected chi connectivity index (χ2v) is 9.38. The average Bonchev–Trinajstić information content (AvgIpc) is 2.88. The molecule has 0 radical (unpaired) electrons. The van der Waals surface area contributed by atoms with Crippen molar-refractivity contribution in [3.63, 3.8) is 0 Å². The van der Waals surface area contributed by atoms with Gasteiger partial charge in [-0.1, -0.05) is 36.4 Å². The quantitative estimate of drug-likeness (QED) is 0.188. The van der Waals surface area contributed by atoms with Crippen molar-refractivity contribution in [3.05, 3.63) is 99.6 Å². The Balaban J connectivity index is 1.56. The lowest BCUT2D eigenvalue weighted by Crippen LogP contribution is -2.44. The fraction of sp³-hybridized carbons (Fsp3) is 0.333. The number of non-ortho nitro benzene ring substituents is 1. The van der Waals surface area contributed by atoms with Gasteiger partial charge in [-0.2, -0.15) is 0 Å². The van der Waals surface area contributed by atoms with E-state index in [0.29, 0.717) is 32.5 Å². The Morgan fingerprint density at radius 1 is 0.775 bits per heavy atom. The van der Waals surface area contributed by atoms with Crippen LogP contribution in [-0.4, -0.2) is 40.7 Å². The van der Waals surface area contributed by atoms with Crippen LogP contribution in [0.5, 0.6) is 11.5 Å². The van der Waals surface area contributed by atoms with Crippen molar-refractivity contribution in [3.8, 4) is 11.5 Å². The highest BCUT2D eigenvalue weighted by atomic mass is 19.4. The molecule has 40 heavy (non-hydrogen) atoms. The van der Waals surface area contributed by atoms with Gasteiger partial charge in [-0.25, -0.2) is 0 Å². The van der Waals surface area contributed by atoms with Crippen molar-refractivity contribution < 1.29 is 45.8 Å². The number of hydrogen-bond donors (Lipinski definition) is 1. The van der Waals surface area contributed by atoms with Gasteiger partial charge in [0.25, 0.3) is 5.69 Å². The number of nitrogens with zero attached hydrogens (tertiary/aromatic N) is 2. The fourth-order valence-corrected chi connectivity index (χ4v) is 4.95. The number of halogens is 6. The molecule has 4 rings (SSSR count). The van der Waals surface area contributed by atoms with E-state index in [2.05, 4.69) is 14.4 Å². The van der Waals surface area contributed by atoms with Crippen molar-refractivity contribution in [2.75, 3.05) is 13.1 Å². The third-order valence-electron chi connectivity index (χ3n) is 6.79. The smallest absolute Gasteiger partial charge is 0.406 e. The van der Waals surface area contributed by atoms with Crippen molar-refractivity contribution >= 4 is 5.69 Å². The zero-order valence-corrected chi connectivity index (χ0v) is 20.8. The highest BCUT2D eigenvalue weighted by Gasteiger charge is 2.42. The molecule has 0 unspecified atom stereocenters. The summed E-state index contributed by atoms with van der Waals surface area (Å²) in [5.41, 5.74) is -0.404. The van der Waals surface area contributed by atoms with E-state index in [1.807, 2.05) is 0 Å². The number of nitro groups is 1. The number of hydrogen-bond acceptors (Lipinski definition) is 6. The van der Waals surface area contributed by atoms with Crippen molar-refractivity contribution in [2.24, 2.45) is 5.92 Å². The Bertz CT molecular complexity index is 1230. The summed E-state index contributed by atoms with van der Waals surface area (Å²) >= 11 is 0. The van der Waals surface area contributed by atoms with Crippen molar-refractivity contribution in [1.82, 2.24) is 4.90 Å². The largest absolute Gasteiger partial charge is 0.573 e. The molecule has 1 fully saturated rings. The first-order valence-electron chi connectivity index (χ1n) is 12.1. The van der Waals surface area contributed by atoms with Crippen LogP contribution in [0.15, 0.2) is 72.8 Å². The predicted molar refractivity (Wildman–Crippen MR) is 130 cm³/mol. The van der Waals surface area contributed by atoms with E-state index < -0.39 is 40.7 Å². The Morgan fingerprint density at radius 2 is 1.20 bits per heavy atom. The SMILES string of the molecule is O=[N+]([O-])c1ccc(CN2CCC(C(O)(c3ccc(OC(F)(F)F)cc3)c3ccc(OC(F)(F)F)cc3)CC2)cc1. The lowest BCUT2D eigenvalue weighted by atomic mass is 9.72. The molecule has 13 heteroatoms. The normalized spacial score (nSPS) is 15.6. The first-order valence-corrected chi connectivity index (χ1v) is 12.1. The molecule has 0 amide bonds. The number of likely N-dealkylation sites (tertiary alicyclic amines) is 1. The number of piperidine rings is 1. The molecule has 0 aromatic heterocycles. The average molecular weight is 570 g/mol. The fourth-order valence-electron chi connectivity index (χ4n) is 4.95. The second-order valence-electron chi connectivity index (χ2n) is 9.38. The topological polar surface area (TPSA) is 85.1 Å². The molecule has 0 bridgehead atoms. The molecule has 7 nitrogen and oxygen atoms in total. The molecule has 214 valence electrons. The Labute approximate surface area is 224 Å². The Morgan fingerprint density at radius 3 is 1.57 bits per heavy atom. The minimum Gasteiger partial charge on any atom is -0.406 e. The molecule has 1 aliphatic rings. The maximum absolute atomic E-state index is 12.6. The van der Waals surface area contributed by atoms with Crippen LogP contribution >= 0.6 is 0 Å². The highest BCUT2D eigenvalue weighted by molar-refractivity contribution is 5.42. The summed E-state index contributed by atoms with van der Waals surface area (Å²) in [6.07, 6.45) is -8.90. The van der Waals surface area contributed by atoms with Crippen LogP contribution in [0, 0.1) is 16.0 Å². The summed E-state index contributed by atoms with van der Waals surface area (Å²) < 4.78 is 83.7. The minimum atomic E-state index is -4.90. The van der Waals surface area contributed by atoms with Crippen LogP contribution in [0.1, 0.15) is 29.5 Å². The van der Waals surface area contributed by atoms with Gasteiger partial charge in [-0.15, -0.1) is 26.3 Å². The van der Waals surface area contributed by atoms with E-state index in [4.69, 9.17) is 0 Å². The summed E-state index contributed by atoms with van der Waals surface area (Å²) in [4.78, 5) is 12.5. The monoisotopic (exact) mass is 570 g/mol. The zero-order chi connectivity index (χ0) is 29.1. The molecule has 1 saturated heterocycles. The minimum absolute atomic E-state index is 0.0224. The molecule has 3 aromatic rings. The van der Waals surface area contributed by atoms with Gasteiger partial charge in [0.05, 0.1) is 4.92 Å². The van der Waals surface area contributed by atoms with Gasteiger partial charge < -0.3 is 14.6 Å². The summed E-state index contributed by atoms with van der Waals surface area (Å²) in [5.74, 6) is -1.40. The molecule has 1 N–H and O–H groups in total. The lowest BCUT2D eigenvalue weighted by molar-refractivity contribution is -0.384. The zero-order valence-electron chi connectivity index (χ0n) is 20.8. The van der Waals surface area contributed by atoms with E-state index >= 15 is 0 Å². The molecule has 3 aromatic carbocycles. The van der Waals surface area contributed by atoms with Gasteiger partial charge in [0, 0.05) is 18.7 Å². The van der Waals surface area contributed by atoms with E-state index in [1.165, 1.54) is 36.4 Å². The van der Waals surface area contributed by atoms with E-state index in [1.54, 1.807) is 12.1 Å². The second kappa shape index (κ2) is 11.3. The maximum atomic E-state index is 12.6. The third kappa shape index (κ3) is 7.21. The number of rotatable bonds is 8. The van der Waals surface area contributed by atoms with Gasteiger partial charge in [0.1, 0.15) is 17.1 Å². The molecule has 1 heterocycles. The standard InChI is InChI=1S/C27H24F6N2O5/c28-26(29,30)39-23-9-3-19(4-10-23)25(36,20-5-11-24(12-6-20)40-27(31,32)33)21-13-15-34(16-14-21)17-18-1-7-22(8-2-18)35(37)38/h1-12,21,36H,13-17H2. The first kappa shape index (κ1) is 29.2. The van der Waals surface area contributed by atoms with E-state index in [0.717, 1.165) is 29.8 Å². The maximum Gasteiger partial charge on any atom is 0.573 e. The van der Waals surface area contributed by atoms with Crippen molar-refractivity contribution in [2.45, 2.75) is 37.7 Å². The van der Waals surface area contributed by atoms with Crippen LogP contribution in [0.25, 0.3) is 0 Å². The van der Waals surface area contributed by atoms with Crippen molar-refractivity contribution in [1.29, 1.82) is 0 Å². The van der Waals surface area contributed by atoms with Gasteiger partial charge in [0.15, 0.2) is 0 Å². The first-order chi connectivity index (χ1) is 18.7. The summed E-state index contributed by atoms with van der Waals surface area (Å²) in [5, 5.41) is 23.0. The Kier molecular flexibility index (Phi) is 8.26. The highest BCUT2D eigenvalue weighted by Crippen LogP contribution is 2.43. The number of alkyl halides is 6. The predicted octanol–water partition coefficient (Wildman–Crippen LogP) is 6.54. The molecule has 0 spiro atoms.